The fourth-order valence-electron chi connectivity index (χ4n) is 5.85. The van der Waals surface area contributed by atoms with E-state index in [1.807, 2.05) is 17.3 Å². The van der Waals surface area contributed by atoms with Gasteiger partial charge in [0.2, 0.25) is 5.95 Å². The molecule has 1 spiro atoms. The van der Waals surface area contributed by atoms with Crippen molar-refractivity contribution in [3.8, 4) is 0 Å². The molecule has 0 N–H and O–H groups in total. The summed E-state index contributed by atoms with van der Waals surface area (Å²) in [5, 5.41) is 0. The number of likely N-dealkylation sites (tertiary alicyclic amines) is 1. The maximum Gasteiger partial charge on any atom is 0.410 e. The van der Waals surface area contributed by atoms with E-state index in [1.165, 1.54) is 5.56 Å². The van der Waals surface area contributed by atoms with Crippen LogP contribution >= 0.6 is 0 Å². The van der Waals surface area contributed by atoms with Crippen molar-refractivity contribution in [2.75, 3.05) is 31.1 Å². The molecule has 0 bridgehead atoms. The van der Waals surface area contributed by atoms with Crippen LogP contribution < -0.4 is 4.90 Å². The molecular weight excluding hydrogens is 414 g/mol. The zero-order chi connectivity index (χ0) is 23.0. The summed E-state index contributed by atoms with van der Waals surface area (Å²) >= 11 is 0. The molecule has 1 aliphatic carbocycles. The van der Waals surface area contributed by atoms with Gasteiger partial charge < -0.3 is 9.64 Å². The summed E-state index contributed by atoms with van der Waals surface area (Å²) in [6.45, 7) is 10.9. The number of ether oxygens (including phenoxy) is 1. The Morgan fingerprint density at radius 1 is 1.03 bits per heavy atom. The van der Waals surface area contributed by atoms with Crippen LogP contribution in [0.3, 0.4) is 0 Å². The number of aryl methyl sites for hydroxylation is 1. The maximum absolute atomic E-state index is 13.0. The van der Waals surface area contributed by atoms with Crippen LogP contribution in [0.15, 0.2) is 42.7 Å². The minimum Gasteiger partial charge on any atom is -0.446 e. The largest absolute Gasteiger partial charge is 0.446 e. The number of carbonyl (C=O) groups is 1. The monoisotopic (exact) mass is 449 g/mol. The number of carbonyl (C=O) groups excluding carboxylic acids is 1. The molecule has 3 heterocycles. The fraction of sp³-hybridized carbons (Fsp3) is 0.577. The lowest BCUT2D eigenvalue weighted by molar-refractivity contribution is -0.137. The van der Waals surface area contributed by atoms with Crippen LogP contribution in [0.2, 0.25) is 0 Å². The number of hydrogen-bond acceptors (Lipinski definition) is 6. The Kier molecular flexibility index (Phi) is 5.99. The smallest absolute Gasteiger partial charge is 0.410 e. The Balaban J connectivity index is 1.09. The van der Waals surface area contributed by atoms with Gasteiger partial charge in [-0.3, -0.25) is 9.80 Å². The van der Waals surface area contributed by atoms with E-state index in [1.54, 1.807) is 0 Å². The van der Waals surface area contributed by atoms with Gasteiger partial charge in [-0.25, -0.2) is 14.8 Å². The zero-order valence-corrected chi connectivity index (χ0v) is 20.0. The highest BCUT2D eigenvalue weighted by atomic mass is 16.6. The predicted octanol–water partition coefficient (Wildman–Crippen LogP) is 3.74. The van der Waals surface area contributed by atoms with Gasteiger partial charge in [0.1, 0.15) is 6.10 Å². The van der Waals surface area contributed by atoms with E-state index in [-0.39, 0.29) is 24.3 Å². The summed E-state index contributed by atoms with van der Waals surface area (Å²) in [5.74, 6) is 0.741. The van der Waals surface area contributed by atoms with Gasteiger partial charge >= 0.3 is 6.09 Å². The third-order valence-corrected chi connectivity index (χ3v) is 7.47. The summed E-state index contributed by atoms with van der Waals surface area (Å²) in [4.78, 5) is 28.6. The summed E-state index contributed by atoms with van der Waals surface area (Å²) in [6.07, 6.45) is 6.59. The number of piperazine rings is 1. The lowest BCUT2D eigenvalue weighted by atomic mass is 9.61. The van der Waals surface area contributed by atoms with E-state index in [4.69, 9.17) is 4.74 Å². The van der Waals surface area contributed by atoms with E-state index in [0.29, 0.717) is 18.5 Å². The molecule has 1 aromatic heterocycles. The van der Waals surface area contributed by atoms with Crippen molar-refractivity contribution in [3.63, 3.8) is 0 Å². The molecule has 1 amide bonds. The van der Waals surface area contributed by atoms with Crippen molar-refractivity contribution in [2.24, 2.45) is 5.41 Å². The first kappa shape index (κ1) is 22.1. The second kappa shape index (κ2) is 8.93. The highest BCUT2D eigenvalue weighted by Crippen LogP contribution is 2.50. The average Bonchev–Trinajstić information content (AvgIpc) is 2.76. The average molecular weight is 450 g/mol. The minimum absolute atomic E-state index is 0.0507. The number of rotatable bonds is 5. The van der Waals surface area contributed by atoms with E-state index in [0.717, 1.165) is 50.4 Å². The van der Waals surface area contributed by atoms with E-state index in [9.17, 15) is 4.79 Å². The number of benzene rings is 1. The molecule has 0 unspecified atom stereocenters. The quantitative estimate of drug-likeness (QED) is 0.693. The predicted molar refractivity (Wildman–Crippen MR) is 128 cm³/mol. The molecule has 7 nitrogen and oxygen atoms in total. The summed E-state index contributed by atoms with van der Waals surface area (Å²) < 4.78 is 5.94. The van der Waals surface area contributed by atoms with Crippen molar-refractivity contribution in [3.05, 3.63) is 53.9 Å². The molecule has 2 aromatic rings. The SMILES string of the molecule is CCc1cnc(N2C[C@@H](C)N(C(=O)OC3CC4(C3)CN(Cc3ccccc3)C4)[C@@H](C)C2)nc1. The number of nitrogens with zero attached hydrogens (tertiary/aromatic N) is 5. The molecule has 3 aliphatic rings. The molecular formula is C26H35N5O2. The van der Waals surface area contributed by atoms with Crippen LogP contribution in [0.25, 0.3) is 0 Å². The Bertz CT molecular complexity index is 940. The van der Waals surface area contributed by atoms with Crippen LogP contribution in [-0.2, 0) is 17.7 Å². The van der Waals surface area contributed by atoms with Gasteiger partial charge in [-0.15, -0.1) is 0 Å². The zero-order valence-electron chi connectivity index (χ0n) is 20.0. The molecule has 1 aromatic carbocycles. The van der Waals surface area contributed by atoms with Gasteiger partial charge in [0.25, 0.3) is 0 Å². The van der Waals surface area contributed by atoms with Gasteiger partial charge in [0.05, 0.1) is 12.1 Å². The second-order valence-corrected chi connectivity index (χ2v) is 10.3. The van der Waals surface area contributed by atoms with Crippen LogP contribution in [0, 0.1) is 5.41 Å². The van der Waals surface area contributed by atoms with E-state index >= 15 is 0 Å². The Hall–Kier alpha value is -2.67. The molecule has 0 radical (unpaired) electrons. The van der Waals surface area contributed by atoms with E-state index < -0.39 is 0 Å². The molecule has 1 saturated carbocycles. The van der Waals surface area contributed by atoms with Gasteiger partial charge in [-0.2, -0.15) is 0 Å². The Morgan fingerprint density at radius 2 is 1.67 bits per heavy atom. The maximum atomic E-state index is 13.0. The standard InChI is InChI=1S/C26H35N5O2/c1-4-21-12-27-24(28-13-21)30-14-19(2)31(20(3)15-30)25(32)33-23-10-26(11-23)17-29(18-26)16-22-8-6-5-7-9-22/h5-9,12-13,19-20,23H,4,10-11,14-18H2,1-3H3/t19-,20+. The number of aromatic nitrogens is 2. The van der Waals surface area contributed by atoms with Crippen molar-refractivity contribution < 1.29 is 9.53 Å². The normalized spacial score (nSPS) is 24.9. The third-order valence-electron chi connectivity index (χ3n) is 7.47. The van der Waals surface area contributed by atoms with Crippen LogP contribution in [0.1, 0.15) is 44.7 Å². The number of hydrogen-bond donors (Lipinski definition) is 0. The number of anilines is 1. The lowest BCUT2D eigenvalue weighted by Crippen LogP contribution is -2.65. The summed E-state index contributed by atoms with van der Waals surface area (Å²) in [5.41, 5.74) is 2.86. The summed E-state index contributed by atoms with van der Waals surface area (Å²) in [6, 6.07) is 10.7. The van der Waals surface area contributed by atoms with Crippen LogP contribution in [0.5, 0.6) is 0 Å². The highest BCUT2D eigenvalue weighted by Gasteiger charge is 2.54. The van der Waals surface area contributed by atoms with Crippen molar-refractivity contribution in [1.29, 1.82) is 0 Å². The van der Waals surface area contributed by atoms with E-state index in [2.05, 4.69) is 70.9 Å². The van der Waals surface area contributed by atoms with Gasteiger partial charge in [-0.05, 0) is 44.2 Å². The fourth-order valence-corrected chi connectivity index (χ4v) is 5.85. The molecule has 2 atom stereocenters. The topological polar surface area (TPSA) is 61.8 Å². The molecule has 7 heteroatoms. The lowest BCUT2D eigenvalue weighted by Gasteiger charge is -2.58. The second-order valence-electron chi connectivity index (χ2n) is 10.3. The van der Waals surface area contributed by atoms with Crippen molar-refractivity contribution in [1.82, 2.24) is 19.8 Å². The Morgan fingerprint density at radius 3 is 2.27 bits per heavy atom. The Labute approximate surface area is 196 Å². The third kappa shape index (κ3) is 4.56. The van der Waals surface area contributed by atoms with Gasteiger partial charge in [0, 0.05) is 50.5 Å². The number of amides is 1. The molecule has 2 saturated heterocycles. The van der Waals surface area contributed by atoms with Crippen LogP contribution in [-0.4, -0.2) is 70.2 Å². The summed E-state index contributed by atoms with van der Waals surface area (Å²) in [7, 11) is 0. The van der Waals surface area contributed by atoms with Gasteiger partial charge in [-0.1, -0.05) is 37.3 Å². The molecule has 3 fully saturated rings. The molecule has 2 aliphatic heterocycles. The first-order valence-electron chi connectivity index (χ1n) is 12.3. The molecule has 176 valence electrons. The minimum atomic E-state index is -0.169. The first-order valence-corrected chi connectivity index (χ1v) is 12.3. The first-order chi connectivity index (χ1) is 15.9. The highest BCUT2D eigenvalue weighted by molar-refractivity contribution is 5.69. The van der Waals surface area contributed by atoms with Crippen molar-refractivity contribution in [2.45, 2.75) is 64.8 Å². The van der Waals surface area contributed by atoms with Crippen molar-refractivity contribution >= 4 is 12.0 Å². The van der Waals surface area contributed by atoms with Gasteiger partial charge in [0.15, 0.2) is 0 Å². The van der Waals surface area contributed by atoms with Crippen LogP contribution in [0.4, 0.5) is 10.7 Å². The molecule has 33 heavy (non-hydrogen) atoms. The molecule has 5 rings (SSSR count).